The van der Waals surface area contributed by atoms with Gasteiger partial charge in [-0.05, 0) is 12.3 Å². The number of rotatable bonds is 3. The zero-order valence-electron chi connectivity index (χ0n) is 10.9. The van der Waals surface area contributed by atoms with Crippen LogP contribution in [0.25, 0.3) is 0 Å². The molecule has 17 heavy (non-hydrogen) atoms. The predicted octanol–water partition coefficient (Wildman–Crippen LogP) is 2.37. The molecule has 0 amide bonds. The zero-order chi connectivity index (χ0) is 12.9. The fourth-order valence-electron chi connectivity index (χ4n) is 1.38. The van der Waals surface area contributed by atoms with Gasteiger partial charge in [0.15, 0.2) is 5.60 Å². The van der Waals surface area contributed by atoms with Gasteiger partial charge in [0.2, 0.25) is 0 Å². The molecule has 0 aliphatic heterocycles. The van der Waals surface area contributed by atoms with Crippen molar-refractivity contribution in [2.45, 2.75) is 39.7 Å². The van der Waals surface area contributed by atoms with E-state index in [-0.39, 0.29) is 11.8 Å². The average molecular weight is 232 g/mol. The number of aliphatic hydroxyl groups is 1. The number of hydrogen-bond acceptors (Lipinski definition) is 3. The molecule has 1 heterocycles. The molecule has 0 fully saturated rings. The molecule has 0 aliphatic carbocycles. The second-order valence-corrected chi connectivity index (χ2v) is 4.63. The van der Waals surface area contributed by atoms with Crippen LogP contribution in [-0.2, 0) is 5.60 Å². The first-order valence-electron chi connectivity index (χ1n) is 6.01. The van der Waals surface area contributed by atoms with Crippen LogP contribution in [0.1, 0.15) is 39.7 Å². The molecular formula is C14H20N2O. The van der Waals surface area contributed by atoms with Gasteiger partial charge in [0.1, 0.15) is 6.33 Å². The molecule has 0 bridgehead atoms. The molecule has 1 rings (SSSR count). The van der Waals surface area contributed by atoms with Crippen LogP contribution in [0.2, 0.25) is 0 Å². The van der Waals surface area contributed by atoms with Crippen LogP contribution < -0.4 is 0 Å². The van der Waals surface area contributed by atoms with E-state index in [4.69, 9.17) is 0 Å². The highest BCUT2D eigenvalue weighted by Gasteiger charge is 2.31. The number of hydrogen-bond donors (Lipinski definition) is 1. The molecule has 0 aliphatic rings. The van der Waals surface area contributed by atoms with Gasteiger partial charge >= 0.3 is 0 Å². The highest BCUT2D eigenvalue weighted by atomic mass is 16.3. The summed E-state index contributed by atoms with van der Waals surface area (Å²) in [4.78, 5) is 7.88. The summed E-state index contributed by atoms with van der Waals surface area (Å²) in [5.41, 5.74) is -0.504. The topological polar surface area (TPSA) is 46.0 Å². The molecule has 1 N–H and O–H groups in total. The van der Waals surface area contributed by atoms with Gasteiger partial charge in [0.25, 0.3) is 0 Å². The van der Waals surface area contributed by atoms with E-state index in [0.29, 0.717) is 5.56 Å². The minimum atomic E-state index is -1.16. The van der Waals surface area contributed by atoms with Crippen LogP contribution in [0.4, 0.5) is 0 Å². The predicted molar refractivity (Wildman–Crippen MR) is 68.0 cm³/mol. The van der Waals surface area contributed by atoms with Crippen LogP contribution in [-0.4, -0.2) is 15.1 Å². The van der Waals surface area contributed by atoms with Gasteiger partial charge in [0, 0.05) is 23.9 Å². The van der Waals surface area contributed by atoms with Crippen molar-refractivity contribution in [1.29, 1.82) is 0 Å². The van der Waals surface area contributed by atoms with Gasteiger partial charge < -0.3 is 5.11 Å². The summed E-state index contributed by atoms with van der Waals surface area (Å²) < 4.78 is 0. The van der Waals surface area contributed by atoms with Gasteiger partial charge in [-0.1, -0.05) is 39.5 Å². The van der Waals surface area contributed by atoms with E-state index in [9.17, 15) is 5.11 Å². The van der Waals surface area contributed by atoms with Crippen molar-refractivity contribution in [2.24, 2.45) is 11.8 Å². The average Bonchev–Trinajstić information content (AvgIpc) is 2.36. The minimum Gasteiger partial charge on any atom is -0.373 e. The third-order valence-electron chi connectivity index (χ3n) is 2.96. The van der Waals surface area contributed by atoms with Crippen LogP contribution in [0.5, 0.6) is 0 Å². The molecule has 0 saturated heterocycles. The summed E-state index contributed by atoms with van der Waals surface area (Å²) in [6.45, 7) is 8.02. The largest absolute Gasteiger partial charge is 0.373 e. The molecule has 2 unspecified atom stereocenters. The van der Waals surface area contributed by atoms with Gasteiger partial charge in [-0.15, -0.1) is 0 Å². The summed E-state index contributed by atoms with van der Waals surface area (Å²) in [5, 5.41) is 10.7. The standard InChI is InChI=1S/C14H20N2O/c1-5-12(4)6-7-14(17,11(2)3)13-8-15-10-16-9-13/h8-12,17H,5H2,1-4H3. The highest BCUT2D eigenvalue weighted by Crippen LogP contribution is 2.27. The minimum absolute atomic E-state index is 0.00921. The molecule has 1 aromatic heterocycles. The Morgan fingerprint density at radius 1 is 1.29 bits per heavy atom. The molecule has 3 heteroatoms. The Kier molecular flexibility index (Phi) is 4.65. The monoisotopic (exact) mass is 232 g/mol. The Balaban J connectivity index is 3.10. The van der Waals surface area contributed by atoms with Gasteiger partial charge in [-0.2, -0.15) is 0 Å². The molecule has 0 aromatic carbocycles. The van der Waals surface area contributed by atoms with Crippen molar-refractivity contribution >= 4 is 0 Å². The molecule has 1 aromatic rings. The highest BCUT2D eigenvalue weighted by molar-refractivity contribution is 5.29. The Bertz CT molecular complexity index is 405. The normalized spacial score (nSPS) is 15.9. The van der Waals surface area contributed by atoms with E-state index in [1.807, 2.05) is 13.8 Å². The summed E-state index contributed by atoms with van der Waals surface area (Å²) in [7, 11) is 0. The van der Waals surface area contributed by atoms with Crippen molar-refractivity contribution in [3.8, 4) is 11.8 Å². The second kappa shape index (κ2) is 5.79. The van der Waals surface area contributed by atoms with Crippen molar-refractivity contribution < 1.29 is 5.11 Å². The first-order valence-corrected chi connectivity index (χ1v) is 6.01. The van der Waals surface area contributed by atoms with Gasteiger partial charge in [-0.3, -0.25) is 0 Å². The smallest absolute Gasteiger partial charge is 0.156 e. The first kappa shape index (κ1) is 13.7. The maximum Gasteiger partial charge on any atom is 0.156 e. The maximum atomic E-state index is 10.7. The molecule has 2 atom stereocenters. The van der Waals surface area contributed by atoms with Gasteiger partial charge in [0.05, 0.1) is 0 Å². The third-order valence-corrected chi connectivity index (χ3v) is 2.96. The van der Waals surface area contributed by atoms with Gasteiger partial charge in [-0.25, -0.2) is 9.97 Å². The number of aromatic nitrogens is 2. The Morgan fingerprint density at radius 2 is 1.88 bits per heavy atom. The van der Waals surface area contributed by atoms with Crippen LogP contribution >= 0.6 is 0 Å². The molecule has 0 spiro atoms. The second-order valence-electron chi connectivity index (χ2n) is 4.63. The van der Waals surface area contributed by atoms with E-state index in [0.717, 1.165) is 6.42 Å². The van der Waals surface area contributed by atoms with E-state index in [2.05, 4.69) is 35.7 Å². The fraction of sp³-hybridized carbons (Fsp3) is 0.571. The van der Waals surface area contributed by atoms with E-state index in [1.54, 1.807) is 12.4 Å². The van der Waals surface area contributed by atoms with Crippen molar-refractivity contribution in [3.63, 3.8) is 0 Å². The third kappa shape index (κ3) is 3.28. The lowest BCUT2D eigenvalue weighted by atomic mass is 9.85. The van der Waals surface area contributed by atoms with Crippen LogP contribution in [0.3, 0.4) is 0 Å². The van der Waals surface area contributed by atoms with E-state index < -0.39 is 5.60 Å². The molecule has 0 saturated carbocycles. The molecular weight excluding hydrogens is 212 g/mol. The Labute approximate surface area is 103 Å². The molecule has 0 radical (unpaired) electrons. The maximum absolute atomic E-state index is 10.7. The van der Waals surface area contributed by atoms with E-state index in [1.165, 1.54) is 6.33 Å². The Morgan fingerprint density at radius 3 is 2.35 bits per heavy atom. The van der Waals surface area contributed by atoms with Crippen molar-refractivity contribution in [3.05, 3.63) is 24.3 Å². The Hall–Kier alpha value is -1.40. The quantitative estimate of drug-likeness (QED) is 0.814. The fourth-order valence-corrected chi connectivity index (χ4v) is 1.38. The summed E-state index contributed by atoms with van der Waals surface area (Å²) in [5.74, 6) is 6.36. The number of nitrogens with zero attached hydrogens (tertiary/aromatic N) is 2. The lowest BCUT2D eigenvalue weighted by Gasteiger charge is -2.26. The van der Waals surface area contributed by atoms with Crippen molar-refractivity contribution in [2.75, 3.05) is 0 Å². The van der Waals surface area contributed by atoms with E-state index >= 15 is 0 Å². The molecule has 3 nitrogen and oxygen atoms in total. The van der Waals surface area contributed by atoms with Crippen molar-refractivity contribution in [1.82, 2.24) is 9.97 Å². The zero-order valence-corrected chi connectivity index (χ0v) is 10.9. The van der Waals surface area contributed by atoms with Crippen LogP contribution in [0, 0.1) is 23.7 Å². The summed E-state index contributed by atoms with van der Waals surface area (Å²) >= 11 is 0. The lowest BCUT2D eigenvalue weighted by molar-refractivity contribution is 0.0494. The molecule has 92 valence electrons. The first-order chi connectivity index (χ1) is 8.00. The SMILES string of the molecule is CCC(C)C#CC(O)(c1cncnc1)C(C)C. The van der Waals surface area contributed by atoms with Crippen LogP contribution in [0.15, 0.2) is 18.7 Å². The summed E-state index contributed by atoms with van der Waals surface area (Å²) in [6.07, 6.45) is 5.68. The summed E-state index contributed by atoms with van der Waals surface area (Å²) in [6, 6.07) is 0. The lowest BCUT2D eigenvalue weighted by Crippen LogP contribution is -2.30.